The van der Waals surface area contributed by atoms with Gasteiger partial charge in [-0.15, -0.1) is 0 Å². The minimum Gasteiger partial charge on any atom is -0.454 e. The van der Waals surface area contributed by atoms with E-state index in [0.717, 1.165) is 29.8 Å². The first-order chi connectivity index (χ1) is 12.2. The lowest BCUT2D eigenvalue weighted by Crippen LogP contribution is -2.25. The van der Waals surface area contributed by atoms with Gasteiger partial charge in [-0.3, -0.25) is 4.79 Å². The van der Waals surface area contributed by atoms with Crippen molar-refractivity contribution in [2.24, 2.45) is 0 Å². The summed E-state index contributed by atoms with van der Waals surface area (Å²) in [7, 11) is 0. The summed E-state index contributed by atoms with van der Waals surface area (Å²) in [5, 5.41) is 2.95. The fourth-order valence-corrected chi connectivity index (χ4v) is 3.06. The summed E-state index contributed by atoms with van der Waals surface area (Å²) in [6.45, 7) is 3.62. The molecule has 1 aliphatic rings. The number of carbonyl (C=O) groups excluding carboxylic acids is 1. The van der Waals surface area contributed by atoms with E-state index in [1.165, 1.54) is 0 Å². The molecule has 6 heteroatoms. The van der Waals surface area contributed by atoms with Crippen molar-refractivity contribution in [2.45, 2.75) is 19.9 Å². The van der Waals surface area contributed by atoms with Gasteiger partial charge in [0.1, 0.15) is 5.82 Å². The van der Waals surface area contributed by atoms with E-state index in [-0.39, 0.29) is 12.7 Å². The van der Waals surface area contributed by atoms with Crippen LogP contribution in [0.5, 0.6) is 11.5 Å². The molecule has 0 fully saturated rings. The number of amides is 1. The van der Waals surface area contributed by atoms with Gasteiger partial charge in [-0.05, 0) is 43.7 Å². The topological polar surface area (TPSA) is 65.4 Å². The van der Waals surface area contributed by atoms with Crippen LogP contribution in [0.2, 0.25) is 0 Å². The molecule has 0 saturated carbocycles. The summed E-state index contributed by atoms with van der Waals surface area (Å²) in [5.41, 5.74) is 2.71. The molecule has 0 aliphatic carbocycles. The van der Waals surface area contributed by atoms with Crippen LogP contribution in [0.15, 0.2) is 42.5 Å². The lowest BCUT2D eigenvalue weighted by Gasteiger charge is -2.08. The van der Waals surface area contributed by atoms with Crippen LogP contribution in [0.1, 0.15) is 22.6 Å². The highest BCUT2D eigenvalue weighted by Gasteiger charge is 2.16. The van der Waals surface area contributed by atoms with E-state index in [1.807, 2.05) is 25.1 Å². The van der Waals surface area contributed by atoms with Gasteiger partial charge in [0, 0.05) is 18.7 Å². The number of aryl methyl sites for hydroxylation is 2. The Labute approximate surface area is 145 Å². The number of fused-ring (bicyclic) bond motifs is 2. The van der Waals surface area contributed by atoms with E-state index in [2.05, 4.69) is 20.9 Å². The lowest BCUT2D eigenvalue weighted by atomic mass is 10.2. The summed E-state index contributed by atoms with van der Waals surface area (Å²) in [5.74, 6) is 2.18. The van der Waals surface area contributed by atoms with Gasteiger partial charge in [-0.25, -0.2) is 4.98 Å². The van der Waals surface area contributed by atoms with Crippen molar-refractivity contribution in [3.05, 3.63) is 53.9 Å². The van der Waals surface area contributed by atoms with Gasteiger partial charge >= 0.3 is 0 Å². The molecule has 0 unspecified atom stereocenters. The maximum absolute atomic E-state index is 12.3. The molecule has 3 aromatic rings. The second kappa shape index (κ2) is 6.47. The Morgan fingerprint density at radius 1 is 1.20 bits per heavy atom. The number of ether oxygens (including phenoxy) is 2. The predicted molar refractivity (Wildman–Crippen MR) is 94.0 cm³/mol. The molecule has 0 bridgehead atoms. The lowest BCUT2D eigenvalue weighted by molar-refractivity contribution is 0.0952. The van der Waals surface area contributed by atoms with Crippen LogP contribution < -0.4 is 14.8 Å². The standard InChI is InChI=1S/C19H19N3O3/c1-13-21-15-5-2-3-6-16(15)22(13)10-4-9-20-19(23)14-7-8-17-18(11-14)25-12-24-17/h2-3,5-8,11H,4,9-10,12H2,1H3,(H,20,23). The summed E-state index contributed by atoms with van der Waals surface area (Å²) < 4.78 is 12.7. The molecular formula is C19H19N3O3. The first-order valence-electron chi connectivity index (χ1n) is 8.32. The highest BCUT2D eigenvalue weighted by atomic mass is 16.7. The van der Waals surface area contributed by atoms with E-state index in [1.54, 1.807) is 18.2 Å². The number of hydrogen-bond donors (Lipinski definition) is 1. The van der Waals surface area contributed by atoms with Crippen molar-refractivity contribution in [1.29, 1.82) is 0 Å². The van der Waals surface area contributed by atoms with Crippen molar-refractivity contribution >= 4 is 16.9 Å². The Balaban J connectivity index is 1.34. The summed E-state index contributed by atoms with van der Waals surface area (Å²) in [6.07, 6.45) is 0.831. The number of para-hydroxylation sites is 2. The Kier molecular flexibility index (Phi) is 4.01. The van der Waals surface area contributed by atoms with Crippen LogP contribution >= 0.6 is 0 Å². The van der Waals surface area contributed by atoms with Crippen LogP contribution in [-0.4, -0.2) is 28.8 Å². The van der Waals surface area contributed by atoms with E-state index < -0.39 is 0 Å². The highest BCUT2D eigenvalue weighted by molar-refractivity contribution is 5.94. The van der Waals surface area contributed by atoms with Crippen molar-refractivity contribution in [3.8, 4) is 11.5 Å². The zero-order valence-corrected chi connectivity index (χ0v) is 14.0. The largest absolute Gasteiger partial charge is 0.454 e. The summed E-state index contributed by atoms with van der Waals surface area (Å²) in [4.78, 5) is 16.8. The maximum Gasteiger partial charge on any atom is 0.251 e. The van der Waals surface area contributed by atoms with E-state index >= 15 is 0 Å². The molecule has 128 valence electrons. The Morgan fingerprint density at radius 3 is 2.96 bits per heavy atom. The Morgan fingerprint density at radius 2 is 2.04 bits per heavy atom. The summed E-state index contributed by atoms with van der Waals surface area (Å²) >= 11 is 0. The molecule has 0 atom stereocenters. The smallest absolute Gasteiger partial charge is 0.251 e. The number of carbonyl (C=O) groups is 1. The van der Waals surface area contributed by atoms with Crippen LogP contribution in [0.3, 0.4) is 0 Å². The molecule has 2 heterocycles. The number of aromatic nitrogens is 2. The van der Waals surface area contributed by atoms with Crippen molar-refractivity contribution in [1.82, 2.24) is 14.9 Å². The van der Waals surface area contributed by atoms with Gasteiger partial charge in [0.2, 0.25) is 6.79 Å². The van der Waals surface area contributed by atoms with E-state index in [9.17, 15) is 4.79 Å². The fraction of sp³-hybridized carbons (Fsp3) is 0.263. The predicted octanol–water partition coefficient (Wildman–Crippen LogP) is 2.89. The highest BCUT2D eigenvalue weighted by Crippen LogP contribution is 2.32. The molecule has 4 rings (SSSR count). The molecular weight excluding hydrogens is 318 g/mol. The minimum atomic E-state index is -0.106. The van der Waals surface area contributed by atoms with Crippen LogP contribution in [0, 0.1) is 6.92 Å². The molecule has 2 aromatic carbocycles. The van der Waals surface area contributed by atoms with Gasteiger partial charge in [-0.1, -0.05) is 12.1 Å². The monoisotopic (exact) mass is 337 g/mol. The molecule has 0 spiro atoms. The van der Waals surface area contributed by atoms with Gasteiger partial charge in [0.05, 0.1) is 11.0 Å². The summed E-state index contributed by atoms with van der Waals surface area (Å²) in [6, 6.07) is 13.3. The van der Waals surface area contributed by atoms with Crippen LogP contribution in [0.4, 0.5) is 0 Å². The van der Waals surface area contributed by atoms with Gasteiger partial charge in [-0.2, -0.15) is 0 Å². The maximum atomic E-state index is 12.3. The number of nitrogens with zero attached hydrogens (tertiary/aromatic N) is 2. The molecule has 1 aliphatic heterocycles. The van der Waals surface area contributed by atoms with Crippen LogP contribution in [-0.2, 0) is 6.54 Å². The third-order valence-electron chi connectivity index (χ3n) is 4.32. The van der Waals surface area contributed by atoms with E-state index in [4.69, 9.17) is 9.47 Å². The number of nitrogens with one attached hydrogen (secondary N) is 1. The Hall–Kier alpha value is -3.02. The van der Waals surface area contributed by atoms with Gasteiger partial charge in [0.15, 0.2) is 11.5 Å². The quantitative estimate of drug-likeness (QED) is 0.727. The third kappa shape index (κ3) is 3.03. The number of hydrogen-bond acceptors (Lipinski definition) is 4. The second-order valence-corrected chi connectivity index (χ2v) is 5.98. The molecule has 1 aromatic heterocycles. The molecule has 25 heavy (non-hydrogen) atoms. The minimum absolute atomic E-state index is 0.106. The second-order valence-electron chi connectivity index (χ2n) is 5.98. The fourth-order valence-electron chi connectivity index (χ4n) is 3.06. The number of benzene rings is 2. The molecule has 0 saturated heterocycles. The molecule has 1 amide bonds. The van der Waals surface area contributed by atoms with E-state index in [0.29, 0.717) is 23.6 Å². The first-order valence-corrected chi connectivity index (χ1v) is 8.32. The average Bonchev–Trinajstić information content (AvgIpc) is 3.21. The van der Waals surface area contributed by atoms with Crippen LogP contribution in [0.25, 0.3) is 11.0 Å². The third-order valence-corrected chi connectivity index (χ3v) is 4.32. The van der Waals surface area contributed by atoms with Crippen molar-refractivity contribution < 1.29 is 14.3 Å². The van der Waals surface area contributed by atoms with Crippen molar-refractivity contribution in [2.75, 3.05) is 13.3 Å². The molecule has 0 radical (unpaired) electrons. The first kappa shape index (κ1) is 15.5. The average molecular weight is 337 g/mol. The normalized spacial score (nSPS) is 12.5. The zero-order chi connectivity index (χ0) is 17.2. The van der Waals surface area contributed by atoms with Crippen molar-refractivity contribution in [3.63, 3.8) is 0 Å². The zero-order valence-electron chi connectivity index (χ0n) is 14.0. The van der Waals surface area contributed by atoms with Gasteiger partial charge < -0.3 is 19.4 Å². The number of rotatable bonds is 5. The Bertz CT molecular complexity index is 933. The molecule has 6 nitrogen and oxygen atoms in total. The van der Waals surface area contributed by atoms with Gasteiger partial charge in [0.25, 0.3) is 5.91 Å². The number of imidazole rings is 1. The molecule has 1 N–H and O–H groups in total. The SMILES string of the molecule is Cc1nc2ccccc2n1CCCNC(=O)c1ccc2c(c1)OCO2.